The third kappa shape index (κ3) is 3.03. The van der Waals surface area contributed by atoms with E-state index in [1.807, 2.05) is 0 Å². The van der Waals surface area contributed by atoms with Gasteiger partial charge in [-0.15, -0.1) is 0 Å². The van der Waals surface area contributed by atoms with Gasteiger partial charge in [-0.1, -0.05) is 13.8 Å². The minimum absolute atomic E-state index is 0.0973. The van der Waals surface area contributed by atoms with E-state index in [1.54, 1.807) is 12.1 Å². The van der Waals surface area contributed by atoms with E-state index in [0.717, 1.165) is 31.3 Å². The van der Waals surface area contributed by atoms with Crippen LogP contribution in [0, 0.1) is 5.41 Å². The first-order valence-corrected chi connectivity index (χ1v) is 6.38. The SMILES string of the molecule is CC1(C)CCN(c2ccc(C(F)(F)F)c(CN)c2)C1. The molecule has 2 nitrogen and oxygen atoms in total. The lowest BCUT2D eigenvalue weighted by Crippen LogP contribution is -2.23. The fourth-order valence-electron chi connectivity index (χ4n) is 2.56. The van der Waals surface area contributed by atoms with Crippen molar-refractivity contribution in [1.29, 1.82) is 0 Å². The molecule has 0 saturated carbocycles. The lowest BCUT2D eigenvalue weighted by molar-refractivity contribution is -0.138. The van der Waals surface area contributed by atoms with E-state index >= 15 is 0 Å². The highest BCUT2D eigenvalue weighted by atomic mass is 19.4. The molecule has 0 amide bonds. The van der Waals surface area contributed by atoms with Crippen LogP contribution in [0.2, 0.25) is 0 Å². The molecular weight excluding hydrogens is 253 g/mol. The summed E-state index contributed by atoms with van der Waals surface area (Å²) < 4.78 is 38.4. The normalized spacial score (nSPS) is 18.9. The molecule has 1 fully saturated rings. The second-order valence-corrected chi connectivity index (χ2v) is 5.88. The maximum atomic E-state index is 12.8. The number of nitrogens with two attached hydrogens (primary N) is 1. The zero-order chi connectivity index (χ0) is 14.3. The average molecular weight is 272 g/mol. The Balaban J connectivity index is 2.30. The smallest absolute Gasteiger partial charge is 0.371 e. The topological polar surface area (TPSA) is 29.3 Å². The summed E-state index contributed by atoms with van der Waals surface area (Å²) in [6, 6.07) is 4.26. The van der Waals surface area contributed by atoms with Crippen LogP contribution < -0.4 is 10.6 Å². The largest absolute Gasteiger partial charge is 0.416 e. The third-order valence-electron chi connectivity index (χ3n) is 3.66. The van der Waals surface area contributed by atoms with E-state index in [2.05, 4.69) is 18.7 Å². The van der Waals surface area contributed by atoms with Crippen LogP contribution in [0.3, 0.4) is 0 Å². The summed E-state index contributed by atoms with van der Waals surface area (Å²) in [6.07, 6.45) is -3.29. The van der Waals surface area contributed by atoms with Crippen molar-refractivity contribution in [3.8, 4) is 0 Å². The Hall–Kier alpha value is -1.23. The number of nitrogens with zero attached hydrogens (tertiary/aromatic N) is 1. The lowest BCUT2D eigenvalue weighted by atomic mass is 9.93. The highest BCUT2D eigenvalue weighted by Crippen LogP contribution is 2.36. The Morgan fingerprint density at radius 2 is 2.00 bits per heavy atom. The molecule has 0 aliphatic carbocycles. The van der Waals surface area contributed by atoms with Crippen LogP contribution in [0.1, 0.15) is 31.4 Å². The number of hydrogen-bond acceptors (Lipinski definition) is 2. The van der Waals surface area contributed by atoms with E-state index < -0.39 is 11.7 Å². The summed E-state index contributed by atoms with van der Waals surface area (Å²) >= 11 is 0. The molecule has 0 aromatic heterocycles. The van der Waals surface area contributed by atoms with Gasteiger partial charge in [0.05, 0.1) is 5.56 Å². The van der Waals surface area contributed by atoms with Crippen molar-refractivity contribution in [3.05, 3.63) is 29.3 Å². The molecule has 0 bridgehead atoms. The summed E-state index contributed by atoms with van der Waals surface area (Å²) in [4.78, 5) is 2.12. The van der Waals surface area contributed by atoms with E-state index in [9.17, 15) is 13.2 Å². The molecule has 0 spiro atoms. The molecular formula is C14H19F3N2. The predicted octanol–water partition coefficient (Wildman–Crippen LogP) is 3.40. The highest BCUT2D eigenvalue weighted by Gasteiger charge is 2.34. The molecule has 0 unspecified atom stereocenters. The van der Waals surface area contributed by atoms with Crippen molar-refractivity contribution in [2.45, 2.75) is 33.0 Å². The average Bonchev–Trinajstić information content (AvgIpc) is 2.67. The van der Waals surface area contributed by atoms with Crippen LogP contribution in [-0.2, 0) is 12.7 Å². The molecule has 1 aromatic carbocycles. The molecule has 1 saturated heterocycles. The predicted molar refractivity (Wildman–Crippen MR) is 69.9 cm³/mol. The van der Waals surface area contributed by atoms with Gasteiger partial charge in [-0.2, -0.15) is 13.2 Å². The minimum Gasteiger partial charge on any atom is -0.371 e. The molecule has 1 aliphatic heterocycles. The van der Waals surface area contributed by atoms with E-state index in [-0.39, 0.29) is 17.5 Å². The molecule has 0 radical (unpaired) electrons. The highest BCUT2D eigenvalue weighted by molar-refractivity contribution is 5.52. The quantitative estimate of drug-likeness (QED) is 0.894. The maximum Gasteiger partial charge on any atom is 0.416 e. The standard InChI is InChI=1S/C14H19F3N2/c1-13(2)5-6-19(9-13)11-3-4-12(14(15,16)17)10(7-11)8-18/h3-4,7H,5-6,8-9,18H2,1-2H3. The van der Waals surface area contributed by atoms with Crippen LogP contribution in [0.25, 0.3) is 0 Å². The van der Waals surface area contributed by atoms with E-state index in [1.165, 1.54) is 0 Å². The van der Waals surface area contributed by atoms with Crippen LogP contribution in [0.15, 0.2) is 18.2 Å². The van der Waals surface area contributed by atoms with Gasteiger partial charge in [0.25, 0.3) is 0 Å². The van der Waals surface area contributed by atoms with E-state index in [0.29, 0.717) is 0 Å². The summed E-state index contributed by atoms with van der Waals surface area (Å²) in [7, 11) is 0. The lowest BCUT2D eigenvalue weighted by Gasteiger charge is -2.23. The van der Waals surface area contributed by atoms with Gasteiger partial charge < -0.3 is 10.6 Å². The number of alkyl halides is 3. The van der Waals surface area contributed by atoms with Crippen LogP contribution in [0.4, 0.5) is 18.9 Å². The summed E-state index contributed by atoms with van der Waals surface area (Å²) in [6.45, 7) is 5.98. The fraction of sp³-hybridized carbons (Fsp3) is 0.571. The Morgan fingerprint density at radius 3 is 2.47 bits per heavy atom. The van der Waals surface area contributed by atoms with Gasteiger partial charge in [0.2, 0.25) is 0 Å². The van der Waals surface area contributed by atoms with Crippen LogP contribution >= 0.6 is 0 Å². The third-order valence-corrected chi connectivity index (χ3v) is 3.66. The molecule has 19 heavy (non-hydrogen) atoms. The first kappa shape index (κ1) is 14.2. The van der Waals surface area contributed by atoms with Crippen molar-refractivity contribution < 1.29 is 13.2 Å². The second kappa shape index (κ2) is 4.71. The van der Waals surface area contributed by atoms with Crippen molar-refractivity contribution in [2.75, 3.05) is 18.0 Å². The number of hydrogen-bond donors (Lipinski definition) is 1. The maximum absolute atomic E-state index is 12.8. The van der Waals surface area contributed by atoms with Gasteiger partial charge in [0.15, 0.2) is 0 Å². The second-order valence-electron chi connectivity index (χ2n) is 5.88. The monoisotopic (exact) mass is 272 g/mol. The van der Waals surface area contributed by atoms with Crippen molar-refractivity contribution in [1.82, 2.24) is 0 Å². The molecule has 5 heteroatoms. The summed E-state index contributed by atoms with van der Waals surface area (Å²) in [5, 5.41) is 0. The van der Waals surface area contributed by atoms with E-state index in [4.69, 9.17) is 5.73 Å². The van der Waals surface area contributed by atoms with Gasteiger partial charge in [0, 0.05) is 25.3 Å². The van der Waals surface area contributed by atoms with Gasteiger partial charge in [-0.25, -0.2) is 0 Å². The first-order valence-electron chi connectivity index (χ1n) is 6.38. The van der Waals surface area contributed by atoms with Crippen molar-refractivity contribution in [2.24, 2.45) is 11.1 Å². The van der Waals surface area contributed by atoms with Crippen LogP contribution in [-0.4, -0.2) is 13.1 Å². The molecule has 1 aromatic rings. The Morgan fingerprint density at radius 1 is 1.32 bits per heavy atom. The number of rotatable bonds is 2. The number of benzene rings is 1. The van der Waals surface area contributed by atoms with Gasteiger partial charge in [-0.05, 0) is 35.6 Å². The molecule has 1 aliphatic rings. The molecule has 2 rings (SSSR count). The van der Waals surface area contributed by atoms with Gasteiger partial charge >= 0.3 is 6.18 Å². The van der Waals surface area contributed by atoms with Crippen LogP contribution in [0.5, 0.6) is 0 Å². The van der Waals surface area contributed by atoms with Gasteiger partial charge in [0.1, 0.15) is 0 Å². The first-order chi connectivity index (χ1) is 8.73. The Labute approximate surface area is 111 Å². The number of halogens is 3. The Kier molecular flexibility index (Phi) is 3.51. The summed E-state index contributed by atoms with van der Waals surface area (Å²) in [5.74, 6) is 0. The molecule has 2 N–H and O–H groups in total. The zero-order valence-corrected chi connectivity index (χ0v) is 11.2. The molecule has 106 valence electrons. The zero-order valence-electron chi connectivity index (χ0n) is 11.2. The Bertz CT molecular complexity index is 466. The van der Waals surface area contributed by atoms with Gasteiger partial charge in [-0.3, -0.25) is 0 Å². The summed E-state index contributed by atoms with van der Waals surface area (Å²) in [5.41, 5.74) is 6.03. The molecule has 0 atom stereocenters. The van der Waals surface area contributed by atoms with Crippen molar-refractivity contribution >= 4 is 5.69 Å². The minimum atomic E-state index is -4.34. The molecule has 1 heterocycles. The van der Waals surface area contributed by atoms with Crippen molar-refractivity contribution in [3.63, 3.8) is 0 Å². The fourth-order valence-corrected chi connectivity index (χ4v) is 2.56. The number of anilines is 1.